The Morgan fingerprint density at radius 3 is 2.63 bits per heavy atom. The molecule has 0 radical (unpaired) electrons. The van der Waals surface area contributed by atoms with Gasteiger partial charge in [0.15, 0.2) is 0 Å². The van der Waals surface area contributed by atoms with Gasteiger partial charge in [0.1, 0.15) is 6.04 Å². The molecule has 0 spiro atoms. The molecule has 1 aliphatic rings. The summed E-state index contributed by atoms with van der Waals surface area (Å²) in [5, 5.41) is 2.73. The summed E-state index contributed by atoms with van der Waals surface area (Å²) in [4.78, 5) is 27.5. The smallest absolute Gasteiger partial charge is 0.245 e. The zero-order valence-corrected chi connectivity index (χ0v) is 12.6. The number of unbranched alkanes of at least 4 members (excludes halogenated alkanes) is 1. The summed E-state index contributed by atoms with van der Waals surface area (Å²) in [6.07, 6.45) is 2.67. The van der Waals surface area contributed by atoms with E-state index in [9.17, 15) is 9.59 Å². The van der Waals surface area contributed by atoms with Gasteiger partial charge in [-0.05, 0) is 46.7 Å². The third-order valence-corrected chi connectivity index (χ3v) is 3.76. The highest BCUT2D eigenvalue weighted by molar-refractivity contribution is 5.94. The van der Waals surface area contributed by atoms with Gasteiger partial charge in [0.2, 0.25) is 11.8 Å². The first-order valence-corrected chi connectivity index (χ1v) is 7.24. The lowest BCUT2D eigenvalue weighted by Gasteiger charge is -2.32. The highest BCUT2D eigenvalue weighted by atomic mass is 16.2. The number of piperazine rings is 1. The molecule has 0 aromatic heterocycles. The summed E-state index contributed by atoms with van der Waals surface area (Å²) in [7, 11) is 2.11. The summed E-state index contributed by atoms with van der Waals surface area (Å²) in [6.45, 7) is 8.20. The third-order valence-electron chi connectivity index (χ3n) is 3.76. The van der Waals surface area contributed by atoms with E-state index in [0.29, 0.717) is 19.0 Å². The molecule has 5 heteroatoms. The van der Waals surface area contributed by atoms with Crippen molar-refractivity contribution in [3.63, 3.8) is 0 Å². The number of rotatable bonds is 7. The number of carbonyl (C=O) groups excluding carboxylic acids is 2. The van der Waals surface area contributed by atoms with Crippen LogP contribution in [0.1, 0.15) is 40.0 Å². The predicted octanol–water partition coefficient (Wildman–Crippen LogP) is 0.844. The summed E-state index contributed by atoms with van der Waals surface area (Å²) in [5.41, 5.74) is 0. The fourth-order valence-electron chi connectivity index (χ4n) is 2.16. The summed E-state index contributed by atoms with van der Waals surface area (Å²) < 4.78 is 0. The molecule has 110 valence electrons. The number of nitrogens with zero attached hydrogens (tertiary/aromatic N) is 2. The zero-order chi connectivity index (χ0) is 14.4. The second kappa shape index (κ2) is 7.48. The van der Waals surface area contributed by atoms with E-state index in [2.05, 4.69) is 31.1 Å². The van der Waals surface area contributed by atoms with Gasteiger partial charge in [-0.2, -0.15) is 0 Å². The molecule has 0 aliphatic carbocycles. The van der Waals surface area contributed by atoms with Gasteiger partial charge in [-0.1, -0.05) is 6.92 Å². The first kappa shape index (κ1) is 16.0. The van der Waals surface area contributed by atoms with Gasteiger partial charge in [0, 0.05) is 12.6 Å². The van der Waals surface area contributed by atoms with Gasteiger partial charge in [-0.15, -0.1) is 0 Å². The van der Waals surface area contributed by atoms with Crippen LogP contribution in [0.3, 0.4) is 0 Å². The fourth-order valence-corrected chi connectivity index (χ4v) is 2.16. The van der Waals surface area contributed by atoms with E-state index < -0.39 is 0 Å². The molecule has 1 rings (SSSR count). The molecule has 1 unspecified atom stereocenters. The van der Waals surface area contributed by atoms with Crippen LogP contribution in [0.15, 0.2) is 0 Å². The summed E-state index contributed by atoms with van der Waals surface area (Å²) >= 11 is 0. The van der Waals surface area contributed by atoms with Crippen molar-refractivity contribution in [2.45, 2.75) is 52.1 Å². The fraction of sp³-hybridized carbons (Fsp3) is 0.857. The van der Waals surface area contributed by atoms with E-state index in [4.69, 9.17) is 0 Å². The lowest BCUT2D eigenvalue weighted by Crippen LogP contribution is -2.57. The molecule has 1 atom stereocenters. The van der Waals surface area contributed by atoms with E-state index >= 15 is 0 Å². The average Bonchev–Trinajstić information content (AvgIpc) is 2.37. The molecule has 5 nitrogen and oxygen atoms in total. The van der Waals surface area contributed by atoms with Crippen LogP contribution < -0.4 is 5.32 Å². The number of nitrogens with one attached hydrogen (secondary N) is 1. The second-order valence-electron chi connectivity index (χ2n) is 5.57. The lowest BCUT2D eigenvalue weighted by molar-refractivity contribution is -0.144. The van der Waals surface area contributed by atoms with Crippen molar-refractivity contribution in [1.82, 2.24) is 15.1 Å². The Bertz CT molecular complexity index is 318. The van der Waals surface area contributed by atoms with Crippen LogP contribution in [0.5, 0.6) is 0 Å². The molecule has 2 amide bonds. The van der Waals surface area contributed by atoms with Crippen molar-refractivity contribution in [3.8, 4) is 0 Å². The van der Waals surface area contributed by atoms with Gasteiger partial charge in [0.25, 0.3) is 0 Å². The van der Waals surface area contributed by atoms with Gasteiger partial charge in [-0.25, -0.2) is 0 Å². The second-order valence-corrected chi connectivity index (χ2v) is 5.57. The standard InChI is InChI=1S/C14H27N3O2/c1-5-12-14(19)17(10-13(18)15-12)9-7-6-8-16(4)11(2)3/h11-12H,5-10H2,1-4H3,(H,15,18). The van der Waals surface area contributed by atoms with Crippen molar-refractivity contribution in [2.75, 3.05) is 26.7 Å². The van der Waals surface area contributed by atoms with Gasteiger partial charge in [-0.3, -0.25) is 9.59 Å². The molecule has 1 N–H and O–H groups in total. The van der Waals surface area contributed by atoms with Crippen molar-refractivity contribution >= 4 is 11.8 Å². The SMILES string of the molecule is CCC1NC(=O)CN(CCCCN(C)C(C)C)C1=O. The van der Waals surface area contributed by atoms with E-state index in [1.165, 1.54) is 0 Å². The van der Waals surface area contributed by atoms with Crippen molar-refractivity contribution < 1.29 is 9.59 Å². The van der Waals surface area contributed by atoms with Crippen molar-refractivity contribution in [3.05, 3.63) is 0 Å². The Balaban J connectivity index is 2.31. The normalized spacial score (nSPS) is 20.3. The van der Waals surface area contributed by atoms with Gasteiger partial charge >= 0.3 is 0 Å². The van der Waals surface area contributed by atoms with Crippen LogP contribution in [0.25, 0.3) is 0 Å². The van der Waals surface area contributed by atoms with E-state index in [-0.39, 0.29) is 24.4 Å². The predicted molar refractivity (Wildman–Crippen MR) is 75.8 cm³/mol. The minimum absolute atomic E-state index is 0.0363. The highest BCUT2D eigenvalue weighted by Gasteiger charge is 2.30. The monoisotopic (exact) mass is 269 g/mol. The summed E-state index contributed by atoms with van der Waals surface area (Å²) in [5.74, 6) is 0.0325. The van der Waals surface area contributed by atoms with Gasteiger partial charge < -0.3 is 15.1 Å². The average molecular weight is 269 g/mol. The molecule has 0 bridgehead atoms. The molecular weight excluding hydrogens is 242 g/mol. The van der Waals surface area contributed by atoms with Crippen molar-refractivity contribution in [2.24, 2.45) is 0 Å². The highest BCUT2D eigenvalue weighted by Crippen LogP contribution is 2.07. The van der Waals surface area contributed by atoms with Crippen LogP contribution in [-0.2, 0) is 9.59 Å². The number of hydrogen-bond acceptors (Lipinski definition) is 3. The largest absolute Gasteiger partial charge is 0.343 e. The van der Waals surface area contributed by atoms with Gasteiger partial charge in [0.05, 0.1) is 6.54 Å². The van der Waals surface area contributed by atoms with Crippen LogP contribution >= 0.6 is 0 Å². The molecule has 1 saturated heterocycles. The Labute approximate surface area is 116 Å². The molecule has 1 aliphatic heterocycles. The third kappa shape index (κ3) is 4.82. The molecular formula is C14H27N3O2. The molecule has 0 aromatic rings. The van der Waals surface area contributed by atoms with E-state index in [1.807, 2.05) is 6.92 Å². The molecule has 1 fully saturated rings. The Kier molecular flexibility index (Phi) is 6.28. The minimum Gasteiger partial charge on any atom is -0.343 e. The maximum absolute atomic E-state index is 12.0. The van der Waals surface area contributed by atoms with Crippen LogP contribution in [0, 0.1) is 0 Å². The van der Waals surface area contributed by atoms with E-state index in [0.717, 1.165) is 19.4 Å². The Morgan fingerprint density at radius 2 is 2.05 bits per heavy atom. The molecule has 1 heterocycles. The van der Waals surface area contributed by atoms with Crippen LogP contribution in [-0.4, -0.2) is 60.4 Å². The first-order chi connectivity index (χ1) is 8.95. The van der Waals surface area contributed by atoms with Crippen molar-refractivity contribution in [1.29, 1.82) is 0 Å². The molecule has 19 heavy (non-hydrogen) atoms. The molecule has 0 aromatic carbocycles. The lowest BCUT2D eigenvalue weighted by atomic mass is 10.1. The summed E-state index contributed by atoms with van der Waals surface area (Å²) in [6, 6.07) is 0.228. The number of amides is 2. The Morgan fingerprint density at radius 1 is 1.37 bits per heavy atom. The minimum atomic E-state index is -0.320. The topological polar surface area (TPSA) is 52.7 Å². The van der Waals surface area contributed by atoms with Crippen LogP contribution in [0.4, 0.5) is 0 Å². The molecule has 0 saturated carbocycles. The number of hydrogen-bond donors (Lipinski definition) is 1. The van der Waals surface area contributed by atoms with E-state index in [1.54, 1.807) is 4.90 Å². The first-order valence-electron chi connectivity index (χ1n) is 7.24. The maximum atomic E-state index is 12.0. The Hall–Kier alpha value is -1.10. The zero-order valence-electron chi connectivity index (χ0n) is 12.6. The van der Waals surface area contributed by atoms with Crippen LogP contribution in [0.2, 0.25) is 0 Å². The number of carbonyl (C=O) groups is 2. The maximum Gasteiger partial charge on any atom is 0.245 e. The quantitative estimate of drug-likeness (QED) is 0.697.